The van der Waals surface area contributed by atoms with Crippen LogP contribution in [-0.4, -0.2) is 22.4 Å². The molecule has 22 heavy (non-hydrogen) atoms. The van der Waals surface area contributed by atoms with Crippen molar-refractivity contribution in [2.24, 2.45) is 34.0 Å². The summed E-state index contributed by atoms with van der Waals surface area (Å²) in [6, 6.07) is 0. The highest BCUT2D eigenvalue weighted by Crippen LogP contribution is 2.77. The van der Waals surface area contributed by atoms with Crippen molar-refractivity contribution in [3.05, 3.63) is 11.1 Å². The van der Waals surface area contributed by atoms with E-state index >= 15 is 0 Å². The molecule has 0 aliphatic heterocycles. The van der Waals surface area contributed by atoms with Crippen molar-refractivity contribution in [3.8, 4) is 0 Å². The molecular weight excluding hydrogens is 272 g/mol. The lowest BCUT2D eigenvalue weighted by molar-refractivity contribution is -0.142. The van der Waals surface area contributed by atoms with Gasteiger partial charge in [-0.1, -0.05) is 33.3 Å². The van der Waals surface area contributed by atoms with E-state index in [0.29, 0.717) is 23.2 Å². The van der Waals surface area contributed by atoms with Crippen LogP contribution in [0.4, 0.5) is 0 Å². The topological polar surface area (TPSA) is 40.5 Å². The third-order valence-electron chi connectivity index (χ3n) is 8.99. The molecule has 124 valence electrons. The zero-order valence-corrected chi connectivity index (χ0v) is 14.8. The van der Waals surface area contributed by atoms with Crippen LogP contribution in [0.5, 0.6) is 0 Å². The number of fused-ring (bicyclic) bond motifs is 3. The minimum Gasteiger partial charge on any atom is -0.393 e. The van der Waals surface area contributed by atoms with Gasteiger partial charge in [-0.25, -0.2) is 0 Å². The summed E-state index contributed by atoms with van der Waals surface area (Å²) in [4.78, 5) is 0. The van der Waals surface area contributed by atoms with Gasteiger partial charge in [-0.3, -0.25) is 0 Å². The maximum atomic E-state index is 10.7. The second-order valence-electron chi connectivity index (χ2n) is 9.67. The van der Waals surface area contributed by atoms with E-state index in [0.717, 1.165) is 19.3 Å². The van der Waals surface area contributed by atoms with Crippen LogP contribution in [0.15, 0.2) is 11.1 Å². The molecule has 3 saturated carbocycles. The first-order chi connectivity index (χ1) is 10.2. The number of hydrogen-bond donors (Lipinski definition) is 2. The second-order valence-corrected chi connectivity index (χ2v) is 9.67. The third kappa shape index (κ3) is 1.41. The Morgan fingerprint density at radius 1 is 1.09 bits per heavy atom. The van der Waals surface area contributed by atoms with Crippen LogP contribution >= 0.6 is 0 Å². The van der Waals surface area contributed by atoms with Crippen molar-refractivity contribution in [2.75, 3.05) is 0 Å². The molecule has 0 aromatic heterocycles. The van der Waals surface area contributed by atoms with Crippen LogP contribution in [0.25, 0.3) is 0 Å². The molecule has 3 fully saturated rings. The fourth-order valence-electron chi connectivity index (χ4n) is 7.80. The van der Waals surface area contributed by atoms with Crippen molar-refractivity contribution in [3.63, 3.8) is 0 Å². The average molecular weight is 304 g/mol. The van der Waals surface area contributed by atoms with Gasteiger partial charge in [0.05, 0.1) is 12.2 Å². The van der Waals surface area contributed by atoms with Gasteiger partial charge in [0.25, 0.3) is 0 Å². The first-order valence-electron chi connectivity index (χ1n) is 9.22. The smallest absolute Gasteiger partial charge is 0.0766 e. The summed E-state index contributed by atoms with van der Waals surface area (Å²) in [7, 11) is 0. The van der Waals surface area contributed by atoms with Gasteiger partial charge in [0.2, 0.25) is 0 Å². The van der Waals surface area contributed by atoms with Crippen molar-refractivity contribution < 1.29 is 10.2 Å². The normalized spacial score (nSPS) is 56.0. The largest absolute Gasteiger partial charge is 0.393 e. The van der Waals surface area contributed by atoms with E-state index in [-0.39, 0.29) is 23.0 Å². The van der Waals surface area contributed by atoms with E-state index in [1.807, 2.05) is 0 Å². The molecule has 1 spiro atoms. The summed E-state index contributed by atoms with van der Waals surface area (Å²) in [5.41, 5.74) is 3.50. The molecule has 0 aromatic carbocycles. The molecule has 4 aliphatic carbocycles. The van der Waals surface area contributed by atoms with Gasteiger partial charge in [0.15, 0.2) is 0 Å². The summed E-state index contributed by atoms with van der Waals surface area (Å²) in [6.07, 6.45) is 5.10. The minimum absolute atomic E-state index is 0.140. The Bertz CT molecular complexity index is 548. The predicted octanol–water partition coefficient (Wildman–Crippen LogP) is 3.92. The maximum absolute atomic E-state index is 10.7. The molecule has 2 N–H and O–H groups in total. The quantitative estimate of drug-likeness (QED) is 0.666. The van der Waals surface area contributed by atoms with Gasteiger partial charge < -0.3 is 10.2 Å². The fourth-order valence-corrected chi connectivity index (χ4v) is 7.80. The molecule has 0 radical (unpaired) electrons. The molecule has 0 amide bonds. The number of hydrogen-bond acceptors (Lipinski definition) is 2. The van der Waals surface area contributed by atoms with Gasteiger partial charge in [-0.05, 0) is 78.6 Å². The standard InChI is InChI=1S/C20H32O2/c1-11-6-7-20-12(2)14(21)8-13(18(20,3)4)9-16(20)19(5)10-15(22)17(11)19/h12-16,21-22H,6-10H2,1-5H3/t12-,13+,14+,15-,16+,19+,20-/m1/s1. The zero-order chi connectivity index (χ0) is 16.1. The Labute approximate surface area is 135 Å². The molecule has 2 bridgehead atoms. The molecule has 4 rings (SSSR count). The second kappa shape index (κ2) is 4.19. The van der Waals surface area contributed by atoms with Crippen molar-refractivity contribution in [1.29, 1.82) is 0 Å². The first kappa shape index (κ1) is 15.2. The summed E-state index contributed by atoms with van der Waals surface area (Å²) in [5, 5.41) is 21.1. The van der Waals surface area contributed by atoms with E-state index in [9.17, 15) is 10.2 Å². The van der Waals surface area contributed by atoms with Crippen molar-refractivity contribution in [1.82, 2.24) is 0 Å². The lowest BCUT2D eigenvalue weighted by Gasteiger charge is -2.60. The van der Waals surface area contributed by atoms with Crippen LogP contribution in [0.1, 0.15) is 66.7 Å². The highest BCUT2D eigenvalue weighted by molar-refractivity contribution is 5.38. The SMILES string of the molecule is CC1=C2[C@H](O)C[C@@]2(C)[C@@H]2C[C@@H]3C[C@H](O)[C@@H](C)[C@@]2(CC1)C3(C)C. The molecule has 2 nitrogen and oxygen atoms in total. The Morgan fingerprint density at radius 3 is 2.41 bits per heavy atom. The molecule has 0 saturated heterocycles. The third-order valence-corrected chi connectivity index (χ3v) is 8.99. The van der Waals surface area contributed by atoms with Crippen LogP contribution in [-0.2, 0) is 0 Å². The van der Waals surface area contributed by atoms with Gasteiger partial charge in [-0.15, -0.1) is 0 Å². The molecular formula is C20H32O2. The van der Waals surface area contributed by atoms with Gasteiger partial charge in [0, 0.05) is 0 Å². The summed E-state index contributed by atoms with van der Waals surface area (Å²) in [6.45, 7) is 11.9. The summed E-state index contributed by atoms with van der Waals surface area (Å²) >= 11 is 0. The maximum Gasteiger partial charge on any atom is 0.0766 e. The van der Waals surface area contributed by atoms with E-state index < -0.39 is 0 Å². The number of allylic oxidation sites excluding steroid dienone is 1. The Kier molecular flexibility index (Phi) is 2.89. The first-order valence-corrected chi connectivity index (χ1v) is 9.22. The van der Waals surface area contributed by atoms with Crippen molar-refractivity contribution in [2.45, 2.75) is 78.9 Å². The molecule has 0 heterocycles. The highest BCUT2D eigenvalue weighted by Gasteiger charge is 2.71. The Morgan fingerprint density at radius 2 is 1.77 bits per heavy atom. The molecule has 7 atom stereocenters. The lowest BCUT2D eigenvalue weighted by Crippen LogP contribution is -2.57. The van der Waals surface area contributed by atoms with E-state index in [1.54, 1.807) is 0 Å². The van der Waals surface area contributed by atoms with Gasteiger partial charge in [0.1, 0.15) is 0 Å². The number of rotatable bonds is 0. The molecule has 2 heteroatoms. The molecule has 0 unspecified atom stereocenters. The van der Waals surface area contributed by atoms with Crippen LogP contribution in [0.2, 0.25) is 0 Å². The van der Waals surface area contributed by atoms with Crippen LogP contribution < -0.4 is 0 Å². The van der Waals surface area contributed by atoms with E-state index in [4.69, 9.17) is 0 Å². The summed E-state index contributed by atoms with van der Waals surface area (Å²) in [5.74, 6) is 1.63. The highest BCUT2D eigenvalue weighted by atomic mass is 16.3. The summed E-state index contributed by atoms with van der Waals surface area (Å²) < 4.78 is 0. The Balaban J connectivity index is 1.89. The van der Waals surface area contributed by atoms with Gasteiger partial charge in [-0.2, -0.15) is 0 Å². The fraction of sp³-hybridized carbons (Fsp3) is 0.900. The zero-order valence-electron chi connectivity index (χ0n) is 14.8. The lowest BCUT2D eigenvalue weighted by atomic mass is 9.44. The minimum atomic E-state index is -0.205. The van der Waals surface area contributed by atoms with E-state index in [1.165, 1.54) is 24.0 Å². The predicted molar refractivity (Wildman–Crippen MR) is 88.3 cm³/mol. The van der Waals surface area contributed by atoms with Crippen molar-refractivity contribution >= 4 is 0 Å². The molecule has 4 aliphatic rings. The Hall–Kier alpha value is -0.340. The molecule has 0 aromatic rings. The number of aliphatic hydroxyl groups excluding tert-OH is 2. The van der Waals surface area contributed by atoms with Crippen LogP contribution in [0, 0.1) is 34.0 Å². The monoisotopic (exact) mass is 304 g/mol. The number of aliphatic hydroxyl groups is 2. The van der Waals surface area contributed by atoms with Crippen LogP contribution in [0.3, 0.4) is 0 Å². The van der Waals surface area contributed by atoms with E-state index in [2.05, 4.69) is 34.6 Å². The van der Waals surface area contributed by atoms with Gasteiger partial charge >= 0.3 is 0 Å². The average Bonchev–Trinajstić information content (AvgIpc) is 2.50.